The molecule has 0 saturated carbocycles. The SMILES string of the molecule is O=[N+]([O-])c1ccnc(C(c2ccccc2)c2ccccc2)c1. The van der Waals surface area contributed by atoms with Crippen LogP contribution in [0, 0.1) is 10.1 Å². The molecular weight excluding hydrogens is 276 g/mol. The van der Waals surface area contributed by atoms with Crippen LogP contribution in [-0.2, 0) is 0 Å². The smallest absolute Gasteiger partial charge is 0.260 e. The van der Waals surface area contributed by atoms with Crippen LogP contribution < -0.4 is 0 Å². The van der Waals surface area contributed by atoms with Gasteiger partial charge in [0.15, 0.2) is 0 Å². The minimum atomic E-state index is -0.391. The normalized spacial score (nSPS) is 10.6. The Morgan fingerprint density at radius 2 is 1.41 bits per heavy atom. The van der Waals surface area contributed by atoms with Crippen molar-refractivity contribution < 1.29 is 4.92 Å². The van der Waals surface area contributed by atoms with E-state index in [-0.39, 0.29) is 11.6 Å². The van der Waals surface area contributed by atoms with Gasteiger partial charge in [0.25, 0.3) is 5.69 Å². The van der Waals surface area contributed by atoms with Gasteiger partial charge < -0.3 is 0 Å². The first-order valence-electron chi connectivity index (χ1n) is 6.96. The highest BCUT2D eigenvalue weighted by molar-refractivity contribution is 5.43. The van der Waals surface area contributed by atoms with Crippen LogP contribution in [0.3, 0.4) is 0 Å². The molecule has 1 aromatic heterocycles. The number of rotatable bonds is 4. The number of nitro groups is 1. The van der Waals surface area contributed by atoms with Crippen LogP contribution in [0.5, 0.6) is 0 Å². The molecule has 4 nitrogen and oxygen atoms in total. The van der Waals surface area contributed by atoms with E-state index >= 15 is 0 Å². The minimum absolute atomic E-state index is 0.0573. The van der Waals surface area contributed by atoms with E-state index in [1.54, 1.807) is 6.07 Å². The number of pyridine rings is 1. The van der Waals surface area contributed by atoms with Gasteiger partial charge in [-0.15, -0.1) is 0 Å². The third-order valence-electron chi connectivity index (χ3n) is 3.54. The predicted octanol–water partition coefficient (Wildman–Crippen LogP) is 4.17. The Kier molecular flexibility index (Phi) is 3.92. The molecule has 0 aliphatic carbocycles. The predicted molar refractivity (Wildman–Crippen MR) is 84.7 cm³/mol. The standard InChI is InChI=1S/C18H14N2O2/c21-20(22)16-11-12-19-17(13-16)18(14-7-3-1-4-8-14)15-9-5-2-6-10-15/h1-13,18H. The number of benzene rings is 2. The maximum absolute atomic E-state index is 11.0. The fourth-order valence-electron chi connectivity index (χ4n) is 2.53. The lowest BCUT2D eigenvalue weighted by molar-refractivity contribution is -0.385. The highest BCUT2D eigenvalue weighted by Crippen LogP contribution is 2.31. The van der Waals surface area contributed by atoms with Crippen molar-refractivity contribution in [1.82, 2.24) is 4.98 Å². The Bertz CT molecular complexity index is 734. The number of nitrogens with zero attached hydrogens (tertiary/aromatic N) is 2. The lowest BCUT2D eigenvalue weighted by Gasteiger charge is -2.17. The zero-order valence-corrected chi connectivity index (χ0v) is 11.8. The second-order valence-electron chi connectivity index (χ2n) is 4.95. The molecule has 0 aliphatic rings. The lowest BCUT2D eigenvalue weighted by Crippen LogP contribution is -2.06. The second-order valence-corrected chi connectivity index (χ2v) is 4.95. The first-order valence-corrected chi connectivity index (χ1v) is 6.96. The van der Waals surface area contributed by atoms with Crippen molar-refractivity contribution in [2.24, 2.45) is 0 Å². The Morgan fingerprint density at radius 3 is 1.91 bits per heavy atom. The van der Waals surface area contributed by atoms with E-state index in [2.05, 4.69) is 4.98 Å². The van der Waals surface area contributed by atoms with Crippen LogP contribution in [0.2, 0.25) is 0 Å². The molecule has 0 aliphatic heterocycles. The van der Waals surface area contributed by atoms with Gasteiger partial charge in [-0.1, -0.05) is 60.7 Å². The summed E-state index contributed by atoms with van der Waals surface area (Å²) < 4.78 is 0. The van der Waals surface area contributed by atoms with Gasteiger partial charge in [-0.2, -0.15) is 0 Å². The maximum Gasteiger partial charge on any atom is 0.272 e. The summed E-state index contributed by atoms with van der Waals surface area (Å²) in [5.74, 6) is -0.123. The summed E-state index contributed by atoms with van der Waals surface area (Å²) in [6.07, 6.45) is 1.49. The van der Waals surface area contributed by atoms with E-state index in [1.165, 1.54) is 12.3 Å². The quantitative estimate of drug-likeness (QED) is 0.535. The number of aromatic nitrogens is 1. The van der Waals surface area contributed by atoms with Crippen LogP contribution in [-0.4, -0.2) is 9.91 Å². The highest BCUT2D eigenvalue weighted by Gasteiger charge is 2.20. The first kappa shape index (κ1) is 13.9. The molecule has 0 N–H and O–H groups in total. The fourth-order valence-corrected chi connectivity index (χ4v) is 2.53. The van der Waals surface area contributed by atoms with E-state index in [0.29, 0.717) is 5.69 Å². The van der Waals surface area contributed by atoms with Crippen molar-refractivity contribution in [1.29, 1.82) is 0 Å². The summed E-state index contributed by atoms with van der Waals surface area (Å²) in [5, 5.41) is 11.0. The monoisotopic (exact) mass is 290 g/mol. The topological polar surface area (TPSA) is 56.0 Å². The van der Waals surface area contributed by atoms with Gasteiger partial charge in [0.05, 0.1) is 16.5 Å². The van der Waals surface area contributed by atoms with Crippen LogP contribution in [0.1, 0.15) is 22.7 Å². The Balaban J connectivity index is 2.14. The molecule has 0 spiro atoms. The minimum Gasteiger partial charge on any atom is -0.260 e. The Hall–Kier alpha value is -3.01. The van der Waals surface area contributed by atoms with Gasteiger partial charge >= 0.3 is 0 Å². The van der Waals surface area contributed by atoms with E-state index < -0.39 is 4.92 Å². The van der Waals surface area contributed by atoms with E-state index in [9.17, 15) is 10.1 Å². The second kappa shape index (κ2) is 6.18. The van der Waals surface area contributed by atoms with Gasteiger partial charge in [0, 0.05) is 18.3 Å². The van der Waals surface area contributed by atoms with E-state index in [4.69, 9.17) is 0 Å². The van der Waals surface area contributed by atoms with Crippen molar-refractivity contribution in [2.45, 2.75) is 5.92 Å². The molecule has 0 bridgehead atoms. The van der Waals surface area contributed by atoms with Gasteiger partial charge in [0.2, 0.25) is 0 Å². The molecule has 0 amide bonds. The van der Waals surface area contributed by atoms with Crippen molar-refractivity contribution in [2.75, 3.05) is 0 Å². The number of hydrogen-bond acceptors (Lipinski definition) is 3. The first-order chi connectivity index (χ1) is 10.8. The van der Waals surface area contributed by atoms with Gasteiger partial charge in [0.1, 0.15) is 0 Å². The lowest BCUT2D eigenvalue weighted by atomic mass is 9.88. The fraction of sp³-hybridized carbons (Fsp3) is 0.0556. The maximum atomic E-state index is 11.0. The summed E-state index contributed by atoms with van der Waals surface area (Å²) >= 11 is 0. The molecule has 0 fully saturated rings. The van der Waals surface area contributed by atoms with Crippen LogP contribution >= 0.6 is 0 Å². The summed E-state index contributed by atoms with van der Waals surface area (Å²) in [5.41, 5.74) is 2.84. The Labute approximate surface area is 128 Å². The van der Waals surface area contributed by atoms with Gasteiger partial charge in [-0.3, -0.25) is 15.1 Å². The highest BCUT2D eigenvalue weighted by atomic mass is 16.6. The van der Waals surface area contributed by atoms with Crippen LogP contribution in [0.4, 0.5) is 5.69 Å². The summed E-state index contributed by atoms with van der Waals surface area (Å²) in [6.45, 7) is 0. The van der Waals surface area contributed by atoms with E-state index in [1.807, 2.05) is 60.7 Å². The average molecular weight is 290 g/mol. The number of hydrogen-bond donors (Lipinski definition) is 0. The molecule has 2 aromatic carbocycles. The molecule has 3 rings (SSSR count). The van der Waals surface area contributed by atoms with Crippen LogP contribution in [0.15, 0.2) is 79.0 Å². The summed E-state index contributed by atoms with van der Waals surface area (Å²) in [7, 11) is 0. The third kappa shape index (κ3) is 2.86. The largest absolute Gasteiger partial charge is 0.272 e. The van der Waals surface area contributed by atoms with Crippen molar-refractivity contribution in [3.8, 4) is 0 Å². The zero-order valence-electron chi connectivity index (χ0n) is 11.8. The average Bonchev–Trinajstić information content (AvgIpc) is 2.57. The molecule has 3 aromatic rings. The molecule has 0 unspecified atom stereocenters. The molecular formula is C18H14N2O2. The summed E-state index contributed by atoms with van der Waals surface area (Å²) in [6, 6.07) is 22.8. The molecule has 1 heterocycles. The molecule has 108 valence electrons. The molecule has 4 heteroatoms. The van der Waals surface area contributed by atoms with Crippen molar-refractivity contribution in [3.05, 3.63) is 106 Å². The third-order valence-corrected chi connectivity index (χ3v) is 3.54. The molecule has 0 saturated heterocycles. The molecule has 22 heavy (non-hydrogen) atoms. The van der Waals surface area contributed by atoms with E-state index in [0.717, 1.165) is 11.1 Å². The van der Waals surface area contributed by atoms with Gasteiger partial charge in [-0.05, 0) is 11.1 Å². The van der Waals surface area contributed by atoms with Gasteiger partial charge in [-0.25, -0.2) is 0 Å². The van der Waals surface area contributed by atoms with Crippen molar-refractivity contribution >= 4 is 5.69 Å². The van der Waals surface area contributed by atoms with Crippen LogP contribution in [0.25, 0.3) is 0 Å². The zero-order chi connectivity index (χ0) is 15.4. The molecule has 0 radical (unpaired) electrons. The van der Waals surface area contributed by atoms with Crippen molar-refractivity contribution in [3.63, 3.8) is 0 Å². The Morgan fingerprint density at radius 1 is 0.864 bits per heavy atom. The molecule has 0 atom stereocenters. The summed E-state index contributed by atoms with van der Waals surface area (Å²) in [4.78, 5) is 15.0.